The maximum absolute atomic E-state index is 6.19. The molecule has 0 atom stereocenters. The van der Waals surface area contributed by atoms with E-state index in [-0.39, 0.29) is 0 Å². The fourth-order valence-corrected chi connectivity index (χ4v) is 2.51. The lowest BCUT2D eigenvalue weighted by Crippen LogP contribution is -2.28. The SMILES string of the molecule is CC(C)CCN(CCC(C)C)c1ccc(I)cc1N. The average Bonchev–Trinajstić information content (AvgIpc) is 2.30. The second-order valence-corrected chi connectivity index (χ2v) is 7.30. The van der Waals surface area contributed by atoms with E-state index in [1.165, 1.54) is 22.1 Å². The Morgan fingerprint density at radius 2 is 1.58 bits per heavy atom. The zero-order valence-corrected chi connectivity index (χ0v) is 14.8. The van der Waals surface area contributed by atoms with E-state index in [0.29, 0.717) is 0 Å². The Morgan fingerprint density at radius 1 is 1.05 bits per heavy atom. The Bertz CT molecular complexity index is 376. The summed E-state index contributed by atoms with van der Waals surface area (Å²) in [4.78, 5) is 2.45. The number of halogens is 1. The minimum Gasteiger partial charge on any atom is -0.397 e. The molecule has 0 spiro atoms. The Hall–Kier alpha value is -0.450. The summed E-state index contributed by atoms with van der Waals surface area (Å²) in [6.07, 6.45) is 2.42. The number of nitrogen functional groups attached to an aromatic ring is 1. The number of rotatable bonds is 7. The van der Waals surface area contributed by atoms with Crippen molar-refractivity contribution in [3.63, 3.8) is 0 Å². The molecule has 0 aliphatic heterocycles. The van der Waals surface area contributed by atoms with Crippen LogP contribution >= 0.6 is 22.6 Å². The van der Waals surface area contributed by atoms with Gasteiger partial charge in [-0.05, 0) is 65.5 Å². The van der Waals surface area contributed by atoms with Crippen molar-refractivity contribution in [2.24, 2.45) is 11.8 Å². The lowest BCUT2D eigenvalue weighted by Gasteiger charge is -2.28. The van der Waals surface area contributed by atoms with Gasteiger partial charge in [-0.3, -0.25) is 0 Å². The van der Waals surface area contributed by atoms with E-state index in [4.69, 9.17) is 5.73 Å². The average molecular weight is 374 g/mol. The highest BCUT2D eigenvalue weighted by atomic mass is 127. The number of nitrogens with two attached hydrogens (primary N) is 1. The van der Waals surface area contributed by atoms with Gasteiger partial charge < -0.3 is 10.6 Å². The van der Waals surface area contributed by atoms with Crippen molar-refractivity contribution < 1.29 is 0 Å². The van der Waals surface area contributed by atoms with Crippen LogP contribution in [0.25, 0.3) is 0 Å². The molecule has 0 saturated carbocycles. The molecular weight excluding hydrogens is 347 g/mol. The number of hydrogen-bond donors (Lipinski definition) is 1. The van der Waals surface area contributed by atoms with Crippen LogP contribution < -0.4 is 10.6 Å². The summed E-state index contributed by atoms with van der Waals surface area (Å²) in [6.45, 7) is 11.3. The first-order valence-electron chi connectivity index (χ1n) is 7.20. The number of anilines is 2. The van der Waals surface area contributed by atoms with Crippen molar-refractivity contribution in [1.29, 1.82) is 0 Å². The van der Waals surface area contributed by atoms with E-state index < -0.39 is 0 Å². The largest absolute Gasteiger partial charge is 0.397 e. The van der Waals surface area contributed by atoms with Crippen LogP contribution in [0.1, 0.15) is 40.5 Å². The summed E-state index contributed by atoms with van der Waals surface area (Å²) in [6, 6.07) is 6.37. The van der Waals surface area contributed by atoms with E-state index in [1.54, 1.807) is 0 Å². The molecule has 0 saturated heterocycles. The Balaban J connectivity index is 2.81. The van der Waals surface area contributed by atoms with Gasteiger partial charge in [0.25, 0.3) is 0 Å². The fourth-order valence-electron chi connectivity index (χ4n) is 1.99. The summed E-state index contributed by atoms with van der Waals surface area (Å²) in [5, 5.41) is 0. The monoisotopic (exact) mass is 374 g/mol. The van der Waals surface area contributed by atoms with Crippen molar-refractivity contribution in [2.75, 3.05) is 23.7 Å². The second-order valence-electron chi connectivity index (χ2n) is 6.06. The van der Waals surface area contributed by atoms with Crippen molar-refractivity contribution in [3.8, 4) is 0 Å². The van der Waals surface area contributed by atoms with E-state index >= 15 is 0 Å². The highest BCUT2D eigenvalue weighted by molar-refractivity contribution is 14.1. The number of nitrogens with zero attached hydrogens (tertiary/aromatic N) is 1. The van der Waals surface area contributed by atoms with E-state index in [9.17, 15) is 0 Å². The molecule has 1 aromatic rings. The topological polar surface area (TPSA) is 29.3 Å². The summed E-state index contributed by atoms with van der Waals surface area (Å²) < 4.78 is 1.20. The molecule has 1 rings (SSSR count). The molecule has 0 aliphatic carbocycles. The predicted octanol–water partition coefficient (Wildman–Crippen LogP) is 4.77. The molecule has 19 heavy (non-hydrogen) atoms. The summed E-state index contributed by atoms with van der Waals surface area (Å²) >= 11 is 2.31. The molecule has 0 unspecified atom stereocenters. The van der Waals surface area contributed by atoms with Crippen LogP contribution in [0.15, 0.2) is 18.2 Å². The van der Waals surface area contributed by atoms with Gasteiger partial charge in [0, 0.05) is 16.7 Å². The standard InChI is InChI=1S/C16H27IN2/c1-12(2)7-9-19(10-8-13(3)4)16-6-5-14(17)11-15(16)18/h5-6,11-13H,7-10,18H2,1-4H3. The molecule has 0 bridgehead atoms. The van der Waals surface area contributed by atoms with Crippen LogP contribution in [0.5, 0.6) is 0 Å². The maximum Gasteiger partial charge on any atom is 0.0600 e. The molecule has 3 heteroatoms. The zero-order valence-electron chi connectivity index (χ0n) is 12.6. The van der Waals surface area contributed by atoms with Crippen molar-refractivity contribution in [2.45, 2.75) is 40.5 Å². The predicted molar refractivity (Wildman–Crippen MR) is 94.7 cm³/mol. The Morgan fingerprint density at radius 3 is 2.00 bits per heavy atom. The van der Waals surface area contributed by atoms with Crippen LogP contribution in [0, 0.1) is 15.4 Å². The summed E-state index contributed by atoms with van der Waals surface area (Å²) in [5.41, 5.74) is 8.29. The van der Waals surface area contributed by atoms with Crippen LogP contribution in [0.3, 0.4) is 0 Å². The molecule has 0 fully saturated rings. The third-order valence-corrected chi connectivity index (χ3v) is 3.95. The zero-order chi connectivity index (χ0) is 14.4. The summed E-state index contributed by atoms with van der Waals surface area (Å²) in [5.74, 6) is 1.46. The van der Waals surface area contributed by atoms with Crippen LogP contribution in [0.2, 0.25) is 0 Å². The van der Waals surface area contributed by atoms with Crippen molar-refractivity contribution in [1.82, 2.24) is 0 Å². The molecule has 2 N–H and O–H groups in total. The lowest BCUT2D eigenvalue weighted by atomic mass is 10.1. The minimum absolute atomic E-state index is 0.728. The van der Waals surface area contributed by atoms with Gasteiger partial charge in [0.2, 0.25) is 0 Å². The molecular formula is C16H27IN2. The normalized spacial score (nSPS) is 11.3. The third kappa shape index (κ3) is 6.02. The van der Waals surface area contributed by atoms with Crippen molar-refractivity contribution in [3.05, 3.63) is 21.8 Å². The van der Waals surface area contributed by atoms with Gasteiger partial charge in [-0.2, -0.15) is 0 Å². The molecule has 0 aliphatic rings. The van der Waals surface area contributed by atoms with Gasteiger partial charge in [0.05, 0.1) is 11.4 Å². The van der Waals surface area contributed by atoms with Crippen LogP contribution in [-0.2, 0) is 0 Å². The van der Waals surface area contributed by atoms with Crippen LogP contribution in [-0.4, -0.2) is 13.1 Å². The van der Waals surface area contributed by atoms with E-state index in [2.05, 4.69) is 73.4 Å². The van der Waals surface area contributed by atoms with Crippen LogP contribution in [0.4, 0.5) is 11.4 Å². The molecule has 0 amide bonds. The molecule has 0 heterocycles. The number of benzene rings is 1. The minimum atomic E-state index is 0.728. The molecule has 1 aromatic carbocycles. The van der Waals surface area contributed by atoms with Gasteiger partial charge in [0.1, 0.15) is 0 Å². The Labute approximate surface area is 131 Å². The smallest absolute Gasteiger partial charge is 0.0600 e. The first-order valence-corrected chi connectivity index (χ1v) is 8.28. The summed E-state index contributed by atoms with van der Waals surface area (Å²) in [7, 11) is 0. The van der Waals surface area contributed by atoms with Gasteiger partial charge in [0.15, 0.2) is 0 Å². The van der Waals surface area contributed by atoms with E-state index in [1.807, 2.05) is 0 Å². The third-order valence-electron chi connectivity index (χ3n) is 3.28. The highest BCUT2D eigenvalue weighted by Gasteiger charge is 2.11. The maximum atomic E-state index is 6.19. The Kier molecular flexibility index (Phi) is 6.97. The van der Waals surface area contributed by atoms with E-state index in [0.717, 1.165) is 30.6 Å². The van der Waals surface area contributed by atoms with Crippen molar-refractivity contribution >= 4 is 34.0 Å². The fraction of sp³-hybridized carbons (Fsp3) is 0.625. The first-order chi connectivity index (χ1) is 8.90. The second kappa shape index (κ2) is 7.98. The number of hydrogen-bond acceptors (Lipinski definition) is 2. The molecule has 0 aromatic heterocycles. The highest BCUT2D eigenvalue weighted by Crippen LogP contribution is 2.26. The molecule has 2 nitrogen and oxygen atoms in total. The van der Waals surface area contributed by atoms with Gasteiger partial charge >= 0.3 is 0 Å². The van der Waals surface area contributed by atoms with Gasteiger partial charge in [-0.1, -0.05) is 27.7 Å². The van der Waals surface area contributed by atoms with Gasteiger partial charge in [-0.25, -0.2) is 0 Å². The molecule has 0 radical (unpaired) electrons. The first kappa shape index (κ1) is 16.6. The van der Waals surface area contributed by atoms with Gasteiger partial charge in [-0.15, -0.1) is 0 Å². The quantitative estimate of drug-likeness (QED) is 0.550. The lowest BCUT2D eigenvalue weighted by molar-refractivity contribution is 0.535. The molecule has 108 valence electrons.